The highest BCUT2D eigenvalue weighted by Crippen LogP contribution is 2.24. The predicted molar refractivity (Wildman–Crippen MR) is 80.0 cm³/mol. The molecule has 0 radical (unpaired) electrons. The van der Waals surface area contributed by atoms with E-state index in [4.69, 9.17) is 5.11 Å². The second-order valence-corrected chi connectivity index (χ2v) is 4.37. The summed E-state index contributed by atoms with van der Waals surface area (Å²) in [5, 5.41) is 29.1. The molecule has 22 heavy (non-hydrogen) atoms. The third-order valence-corrected chi connectivity index (χ3v) is 3.00. The van der Waals surface area contributed by atoms with E-state index in [1.54, 1.807) is 18.2 Å². The standard InChI is InChI=1S/C16H10N2O4/c17-10-14(11-5-7-12(8-6-11)16(19)20)9-13-3-1-2-4-15(13)18(21)22/h1-9H,(H,19,20). The summed E-state index contributed by atoms with van der Waals surface area (Å²) in [5.74, 6) is -1.06. The molecule has 6 heteroatoms. The smallest absolute Gasteiger partial charge is 0.335 e. The molecular weight excluding hydrogens is 284 g/mol. The Labute approximate surface area is 125 Å². The zero-order valence-electron chi connectivity index (χ0n) is 11.3. The van der Waals surface area contributed by atoms with Gasteiger partial charge in [0.05, 0.1) is 27.7 Å². The molecule has 0 aliphatic heterocycles. The van der Waals surface area contributed by atoms with Crippen LogP contribution in [-0.2, 0) is 0 Å². The molecule has 2 aromatic carbocycles. The molecule has 0 bridgehead atoms. The zero-order valence-corrected chi connectivity index (χ0v) is 11.3. The van der Waals surface area contributed by atoms with Crippen molar-refractivity contribution in [3.8, 4) is 6.07 Å². The van der Waals surface area contributed by atoms with Crippen LogP contribution in [0.5, 0.6) is 0 Å². The van der Waals surface area contributed by atoms with Gasteiger partial charge in [-0.1, -0.05) is 24.3 Å². The molecular formula is C16H10N2O4. The van der Waals surface area contributed by atoms with E-state index in [-0.39, 0.29) is 16.8 Å². The summed E-state index contributed by atoms with van der Waals surface area (Å²) in [7, 11) is 0. The highest BCUT2D eigenvalue weighted by Gasteiger charge is 2.12. The largest absolute Gasteiger partial charge is 0.478 e. The number of aromatic carboxylic acids is 1. The Kier molecular flexibility index (Phi) is 4.30. The number of hydrogen-bond donors (Lipinski definition) is 1. The first kappa shape index (κ1) is 14.9. The number of nitro groups is 1. The number of benzene rings is 2. The molecule has 0 saturated carbocycles. The number of para-hydroxylation sites is 1. The van der Waals surface area contributed by atoms with Gasteiger partial charge in [0.25, 0.3) is 5.69 Å². The molecule has 0 fully saturated rings. The van der Waals surface area contributed by atoms with Gasteiger partial charge in [0, 0.05) is 6.07 Å². The summed E-state index contributed by atoms with van der Waals surface area (Å²) in [6, 6.07) is 13.8. The van der Waals surface area contributed by atoms with E-state index in [1.165, 1.54) is 36.4 Å². The van der Waals surface area contributed by atoms with Crippen LogP contribution in [0.3, 0.4) is 0 Å². The molecule has 0 atom stereocenters. The maximum atomic E-state index is 11.0. The minimum Gasteiger partial charge on any atom is -0.478 e. The minimum atomic E-state index is -1.06. The van der Waals surface area contributed by atoms with Crippen molar-refractivity contribution >= 4 is 23.3 Å². The molecule has 0 saturated heterocycles. The monoisotopic (exact) mass is 294 g/mol. The first-order valence-electron chi connectivity index (χ1n) is 6.22. The van der Waals surface area contributed by atoms with E-state index >= 15 is 0 Å². The maximum absolute atomic E-state index is 11.0. The molecule has 2 rings (SSSR count). The molecule has 108 valence electrons. The van der Waals surface area contributed by atoms with Crippen molar-refractivity contribution in [1.29, 1.82) is 5.26 Å². The van der Waals surface area contributed by atoms with Gasteiger partial charge in [-0.3, -0.25) is 10.1 Å². The Balaban J connectivity index is 2.46. The second-order valence-electron chi connectivity index (χ2n) is 4.37. The molecule has 0 spiro atoms. The average Bonchev–Trinajstić information content (AvgIpc) is 2.53. The van der Waals surface area contributed by atoms with Crippen molar-refractivity contribution in [2.45, 2.75) is 0 Å². The van der Waals surface area contributed by atoms with Crippen LogP contribution in [-0.4, -0.2) is 16.0 Å². The predicted octanol–water partition coefficient (Wildman–Crippen LogP) is 3.36. The van der Waals surface area contributed by atoms with E-state index in [0.717, 1.165) is 0 Å². The van der Waals surface area contributed by atoms with Crippen LogP contribution in [0.2, 0.25) is 0 Å². The van der Waals surface area contributed by atoms with Gasteiger partial charge in [-0.2, -0.15) is 5.26 Å². The fraction of sp³-hybridized carbons (Fsp3) is 0. The van der Waals surface area contributed by atoms with Crippen molar-refractivity contribution in [2.24, 2.45) is 0 Å². The van der Waals surface area contributed by atoms with E-state index in [2.05, 4.69) is 0 Å². The number of hydrogen-bond acceptors (Lipinski definition) is 4. The van der Waals surface area contributed by atoms with Crippen LogP contribution in [0.25, 0.3) is 11.6 Å². The van der Waals surface area contributed by atoms with Gasteiger partial charge in [0.2, 0.25) is 0 Å². The van der Waals surface area contributed by atoms with E-state index in [1.807, 2.05) is 6.07 Å². The van der Waals surface area contributed by atoms with Gasteiger partial charge in [0.15, 0.2) is 0 Å². The summed E-state index contributed by atoms with van der Waals surface area (Å²) in [6.07, 6.45) is 1.41. The van der Waals surface area contributed by atoms with Crippen LogP contribution in [0, 0.1) is 21.4 Å². The normalized spacial score (nSPS) is 10.8. The second kappa shape index (κ2) is 6.33. The molecule has 2 aromatic rings. The lowest BCUT2D eigenvalue weighted by Gasteiger charge is -2.02. The number of carboxylic acids is 1. The number of carbonyl (C=O) groups is 1. The van der Waals surface area contributed by atoms with E-state index in [0.29, 0.717) is 11.1 Å². The van der Waals surface area contributed by atoms with Crippen LogP contribution < -0.4 is 0 Å². The summed E-state index contributed by atoms with van der Waals surface area (Å²) in [5.41, 5.74) is 1.02. The van der Waals surface area contributed by atoms with Crippen molar-refractivity contribution in [3.63, 3.8) is 0 Å². The number of nitrogens with zero attached hydrogens (tertiary/aromatic N) is 2. The highest BCUT2D eigenvalue weighted by atomic mass is 16.6. The Morgan fingerprint density at radius 3 is 2.27 bits per heavy atom. The van der Waals surface area contributed by atoms with Crippen molar-refractivity contribution in [1.82, 2.24) is 0 Å². The zero-order chi connectivity index (χ0) is 16.1. The number of allylic oxidation sites excluding steroid dienone is 1. The third kappa shape index (κ3) is 3.16. The molecule has 0 heterocycles. The first-order valence-corrected chi connectivity index (χ1v) is 6.22. The summed E-state index contributed by atoms with van der Waals surface area (Å²) < 4.78 is 0. The Bertz CT molecular complexity index is 802. The Morgan fingerprint density at radius 2 is 1.73 bits per heavy atom. The summed E-state index contributed by atoms with van der Waals surface area (Å²) in [4.78, 5) is 21.3. The SMILES string of the molecule is N#CC(=Cc1ccccc1[N+](=O)[O-])c1ccc(C(=O)O)cc1. The quantitative estimate of drug-likeness (QED) is 0.403. The van der Waals surface area contributed by atoms with Gasteiger partial charge < -0.3 is 5.11 Å². The Hall–Kier alpha value is -3.46. The van der Waals surface area contributed by atoms with Gasteiger partial charge in [-0.25, -0.2) is 4.79 Å². The molecule has 1 N–H and O–H groups in total. The van der Waals surface area contributed by atoms with Crippen LogP contribution >= 0.6 is 0 Å². The molecule has 6 nitrogen and oxygen atoms in total. The lowest BCUT2D eigenvalue weighted by atomic mass is 10.0. The van der Waals surface area contributed by atoms with Crippen molar-refractivity contribution < 1.29 is 14.8 Å². The molecule has 0 aromatic heterocycles. The maximum Gasteiger partial charge on any atom is 0.335 e. The lowest BCUT2D eigenvalue weighted by Crippen LogP contribution is -1.96. The fourth-order valence-corrected chi connectivity index (χ4v) is 1.90. The van der Waals surface area contributed by atoms with Crippen molar-refractivity contribution in [3.05, 3.63) is 75.3 Å². The molecule has 0 unspecified atom stereocenters. The first-order chi connectivity index (χ1) is 10.5. The van der Waals surface area contributed by atoms with Crippen LogP contribution in [0.15, 0.2) is 48.5 Å². The summed E-state index contributed by atoms with van der Waals surface area (Å²) in [6.45, 7) is 0. The lowest BCUT2D eigenvalue weighted by molar-refractivity contribution is -0.385. The van der Waals surface area contributed by atoms with Crippen molar-refractivity contribution in [2.75, 3.05) is 0 Å². The number of nitro benzene ring substituents is 1. The van der Waals surface area contributed by atoms with Gasteiger partial charge in [-0.15, -0.1) is 0 Å². The molecule has 0 aliphatic carbocycles. The number of rotatable bonds is 4. The van der Waals surface area contributed by atoms with Gasteiger partial charge >= 0.3 is 5.97 Å². The van der Waals surface area contributed by atoms with E-state index < -0.39 is 10.9 Å². The van der Waals surface area contributed by atoms with E-state index in [9.17, 15) is 20.2 Å². The third-order valence-electron chi connectivity index (χ3n) is 3.00. The van der Waals surface area contributed by atoms with Gasteiger partial charge in [0.1, 0.15) is 0 Å². The Morgan fingerprint density at radius 1 is 1.14 bits per heavy atom. The van der Waals surface area contributed by atoms with Crippen LogP contribution in [0.4, 0.5) is 5.69 Å². The average molecular weight is 294 g/mol. The number of carboxylic acid groups (broad SMARTS) is 1. The van der Waals surface area contributed by atoms with Gasteiger partial charge in [-0.05, 0) is 29.8 Å². The minimum absolute atomic E-state index is 0.0996. The summed E-state index contributed by atoms with van der Waals surface area (Å²) >= 11 is 0. The highest BCUT2D eigenvalue weighted by molar-refractivity contribution is 5.93. The topological polar surface area (TPSA) is 104 Å². The molecule has 0 aliphatic rings. The van der Waals surface area contributed by atoms with Crippen LogP contribution in [0.1, 0.15) is 21.5 Å². The fourth-order valence-electron chi connectivity index (χ4n) is 1.90. The molecule has 0 amide bonds. The number of nitriles is 1.